The second kappa shape index (κ2) is 5.31. The first kappa shape index (κ1) is 13.0. The van der Waals surface area contributed by atoms with Gasteiger partial charge < -0.3 is 10.2 Å². The van der Waals surface area contributed by atoms with Crippen molar-refractivity contribution in [2.45, 2.75) is 59.0 Å². The first-order valence-corrected chi connectivity index (χ1v) is 6.41. The summed E-state index contributed by atoms with van der Waals surface area (Å²) in [4.78, 5) is 2.49. The number of rotatable bonds is 4. The van der Waals surface area contributed by atoms with Gasteiger partial charge in [-0.05, 0) is 45.2 Å². The highest BCUT2D eigenvalue weighted by atomic mass is 15.2. The first-order chi connectivity index (χ1) is 6.97. The van der Waals surface area contributed by atoms with Crippen molar-refractivity contribution in [2.75, 3.05) is 20.1 Å². The molecule has 0 radical (unpaired) electrons. The molecule has 1 saturated heterocycles. The van der Waals surface area contributed by atoms with Gasteiger partial charge in [-0.3, -0.25) is 0 Å². The van der Waals surface area contributed by atoms with E-state index in [0.29, 0.717) is 17.5 Å². The van der Waals surface area contributed by atoms with Crippen molar-refractivity contribution in [3.63, 3.8) is 0 Å². The third-order valence-corrected chi connectivity index (χ3v) is 4.15. The third-order valence-electron chi connectivity index (χ3n) is 4.15. The minimum absolute atomic E-state index is 0.458. The first-order valence-electron chi connectivity index (χ1n) is 6.41. The van der Waals surface area contributed by atoms with Gasteiger partial charge in [-0.2, -0.15) is 0 Å². The van der Waals surface area contributed by atoms with Gasteiger partial charge in [0.2, 0.25) is 0 Å². The average Bonchev–Trinajstić information content (AvgIpc) is 2.19. The largest absolute Gasteiger partial charge is 0.312 e. The molecule has 15 heavy (non-hydrogen) atoms. The second-order valence-corrected chi connectivity index (χ2v) is 5.80. The molecule has 0 aromatic heterocycles. The van der Waals surface area contributed by atoms with Crippen LogP contribution >= 0.6 is 0 Å². The van der Waals surface area contributed by atoms with Gasteiger partial charge in [0.1, 0.15) is 0 Å². The molecule has 0 aromatic carbocycles. The topological polar surface area (TPSA) is 15.3 Å². The van der Waals surface area contributed by atoms with Crippen LogP contribution in [-0.4, -0.2) is 37.1 Å². The molecule has 0 saturated carbocycles. The van der Waals surface area contributed by atoms with Gasteiger partial charge in [-0.25, -0.2) is 0 Å². The Morgan fingerprint density at radius 2 is 2.13 bits per heavy atom. The summed E-state index contributed by atoms with van der Waals surface area (Å²) in [5.41, 5.74) is 0.458. The molecule has 2 nitrogen and oxygen atoms in total. The van der Waals surface area contributed by atoms with Crippen LogP contribution in [-0.2, 0) is 0 Å². The molecule has 0 aliphatic carbocycles. The monoisotopic (exact) mass is 212 g/mol. The fraction of sp³-hybridized carbons (Fsp3) is 1.00. The van der Waals surface area contributed by atoms with E-state index in [1.807, 2.05) is 0 Å². The summed E-state index contributed by atoms with van der Waals surface area (Å²) in [6.45, 7) is 11.8. The van der Waals surface area contributed by atoms with Crippen molar-refractivity contribution in [2.24, 2.45) is 5.41 Å². The van der Waals surface area contributed by atoms with Crippen LogP contribution in [0.15, 0.2) is 0 Å². The summed E-state index contributed by atoms with van der Waals surface area (Å²) in [7, 11) is 2.25. The lowest BCUT2D eigenvalue weighted by molar-refractivity contribution is 0.121. The molecule has 90 valence electrons. The maximum Gasteiger partial charge on any atom is 0.0246 e. The van der Waals surface area contributed by atoms with Crippen LogP contribution < -0.4 is 5.32 Å². The van der Waals surface area contributed by atoms with Crippen LogP contribution in [0.5, 0.6) is 0 Å². The van der Waals surface area contributed by atoms with Crippen LogP contribution in [0.3, 0.4) is 0 Å². The Kier molecular flexibility index (Phi) is 4.60. The lowest BCUT2D eigenvalue weighted by Gasteiger charge is -2.42. The standard InChI is InChI=1S/C13H28N2/c1-6-11(2)15(5)10-12-13(3,4)8-7-9-14-12/h11-12,14H,6-10H2,1-5H3. The van der Waals surface area contributed by atoms with E-state index < -0.39 is 0 Å². The Morgan fingerprint density at radius 3 is 2.67 bits per heavy atom. The van der Waals surface area contributed by atoms with Gasteiger partial charge in [0.25, 0.3) is 0 Å². The van der Waals surface area contributed by atoms with Crippen LogP contribution in [0.25, 0.3) is 0 Å². The van der Waals surface area contributed by atoms with Gasteiger partial charge >= 0.3 is 0 Å². The summed E-state index contributed by atoms with van der Waals surface area (Å²) in [5, 5.41) is 3.68. The fourth-order valence-corrected chi connectivity index (χ4v) is 2.36. The predicted octanol–water partition coefficient (Wildman–Crippen LogP) is 2.49. The summed E-state index contributed by atoms with van der Waals surface area (Å²) in [5.74, 6) is 0. The Labute approximate surface area is 95.4 Å². The van der Waals surface area contributed by atoms with E-state index >= 15 is 0 Å². The van der Waals surface area contributed by atoms with Crippen molar-refractivity contribution < 1.29 is 0 Å². The lowest BCUT2D eigenvalue weighted by atomic mass is 9.77. The van der Waals surface area contributed by atoms with E-state index in [2.05, 4.69) is 45.0 Å². The molecule has 2 atom stereocenters. The maximum atomic E-state index is 3.68. The van der Waals surface area contributed by atoms with Crippen LogP contribution in [0, 0.1) is 5.41 Å². The number of piperidine rings is 1. The summed E-state index contributed by atoms with van der Waals surface area (Å²) < 4.78 is 0. The average molecular weight is 212 g/mol. The lowest BCUT2D eigenvalue weighted by Crippen LogP contribution is -2.53. The van der Waals surface area contributed by atoms with Crippen molar-refractivity contribution in [3.05, 3.63) is 0 Å². The minimum atomic E-state index is 0.458. The van der Waals surface area contributed by atoms with E-state index in [1.54, 1.807) is 0 Å². The molecule has 2 heteroatoms. The molecule has 1 aliphatic heterocycles. The zero-order valence-corrected chi connectivity index (χ0v) is 11.1. The van der Waals surface area contributed by atoms with Gasteiger partial charge in [-0.1, -0.05) is 20.8 Å². The molecule has 2 unspecified atom stereocenters. The molecule has 1 aliphatic rings. The summed E-state index contributed by atoms with van der Waals surface area (Å²) in [6, 6.07) is 1.36. The van der Waals surface area contributed by atoms with Crippen LogP contribution in [0.1, 0.15) is 47.0 Å². The van der Waals surface area contributed by atoms with E-state index in [-0.39, 0.29) is 0 Å². The molecule has 0 spiro atoms. The molecule has 1 N–H and O–H groups in total. The highest BCUT2D eigenvalue weighted by Crippen LogP contribution is 2.30. The normalized spacial score (nSPS) is 28.0. The van der Waals surface area contributed by atoms with Crippen molar-refractivity contribution in [1.29, 1.82) is 0 Å². The molecular weight excluding hydrogens is 184 g/mol. The zero-order valence-electron chi connectivity index (χ0n) is 11.1. The van der Waals surface area contributed by atoms with Gasteiger partial charge in [0.15, 0.2) is 0 Å². The molecule has 0 aromatic rings. The number of likely N-dealkylation sites (N-methyl/N-ethyl adjacent to an activating group) is 1. The van der Waals surface area contributed by atoms with Gasteiger partial charge in [0.05, 0.1) is 0 Å². The van der Waals surface area contributed by atoms with Gasteiger partial charge in [0, 0.05) is 18.6 Å². The smallest absolute Gasteiger partial charge is 0.0246 e. The Hall–Kier alpha value is -0.0800. The Morgan fingerprint density at radius 1 is 1.47 bits per heavy atom. The molecule has 1 heterocycles. The predicted molar refractivity (Wildman–Crippen MR) is 67.2 cm³/mol. The number of nitrogens with zero attached hydrogens (tertiary/aromatic N) is 1. The SMILES string of the molecule is CCC(C)N(C)CC1NCCCC1(C)C. The second-order valence-electron chi connectivity index (χ2n) is 5.80. The van der Waals surface area contributed by atoms with E-state index in [1.165, 1.54) is 32.4 Å². The van der Waals surface area contributed by atoms with Crippen LogP contribution in [0.4, 0.5) is 0 Å². The molecule has 1 rings (SSSR count). The number of hydrogen-bond acceptors (Lipinski definition) is 2. The maximum absolute atomic E-state index is 3.68. The highest BCUT2D eigenvalue weighted by molar-refractivity contribution is 4.90. The molecular formula is C13H28N2. The minimum Gasteiger partial charge on any atom is -0.312 e. The van der Waals surface area contributed by atoms with E-state index in [9.17, 15) is 0 Å². The quantitative estimate of drug-likeness (QED) is 0.770. The third kappa shape index (κ3) is 3.46. The Bertz CT molecular complexity index is 189. The Balaban J connectivity index is 2.48. The van der Waals surface area contributed by atoms with E-state index in [4.69, 9.17) is 0 Å². The summed E-state index contributed by atoms with van der Waals surface area (Å²) in [6.07, 6.45) is 3.93. The number of hydrogen-bond donors (Lipinski definition) is 1. The van der Waals surface area contributed by atoms with Crippen LogP contribution in [0.2, 0.25) is 0 Å². The number of nitrogens with one attached hydrogen (secondary N) is 1. The molecule has 1 fully saturated rings. The van der Waals surface area contributed by atoms with Gasteiger partial charge in [-0.15, -0.1) is 0 Å². The fourth-order valence-electron chi connectivity index (χ4n) is 2.36. The van der Waals surface area contributed by atoms with Crippen molar-refractivity contribution in [1.82, 2.24) is 10.2 Å². The van der Waals surface area contributed by atoms with Crippen molar-refractivity contribution in [3.8, 4) is 0 Å². The molecule has 0 bridgehead atoms. The molecule has 0 amide bonds. The summed E-state index contributed by atoms with van der Waals surface area (Å²) >= 11 is 0. The highest BCUT2D eigenvalue weighted by Gasteiger charge is 2.32. The zero-order chi connectivity index (χ0) is 11.5. The van der Waals surface area contributed by atoms with Crippen molar-refractivity contribution >= 4 is 0 Å². The van der Waals surface area contributed by atoms with E-state index in [0.717, 1.165) is 0 Å².